The maximum Gasteiger partial charge on any atom is 0.338 e. The lowest BCUT2D eigenvalue weighted by molar-refractivity contribution is 0.0697. The van der Waals surface area contributed by atoms with Crippen LogP contribution in [0, 0.1) is 6.92 Å². The van der Waals surface area contributed by atoms with Crippen molar-refractivity contribution in [1.29, 1.82) is 0 Å². The van der Waals surface area contributed by atoms with Gasteiger partial charge in [0.15, 0.2) is 0 Å². The normalized spacial score (nSPS) is 10.2. The summed E-state index contributed by atoms with van der Waals surface area (Å²) in [7, 11) is 1.63. The summed E-state index contributed by atoms with van der Waals surface area (Å²) in [6, 6.07) is 4.59. The van der Waals surface area contributed by atoms with Crippen molar-refractivity contribution in [1.82, 2.24) is 9.88 Å². The molecule has 6 nitrogen and oxygen atoms in total. The van der Waals surface area contributed by atoms with Gasteiger partial charge in [0.1, 0.15) is 0 Å². The van der Waals surface area contributed by atoms with Crippen LogP contribution < -0.4 is 5.32 Å². The van der Waals surface area contributed by atoms with E-state index in [0.29, 0.717) is 12.1 Å². The monoisotopic (exact) mass is 305 g/mol. The van der Waals surface area contributed by atoms with Gasteiger partial charge in [-0.2, -0.15) is 0 Å². The van der Waals surface area contributed by atoms with E-state index in [4.69, 9.17) is 0 Å². The van der Waals surface area contributed by atoms with Crippen LogP contribution in [0.4, 0.5) is 10.5 Å². The SMILES string of the molecule is Cc1cccc(NC(=O)N(C)Cc2cscn2)c1C(=O)O. The Bertz CT molecular complexity index is 655. The summed E-state index contributed by atoms with van der Waals surface area (Å²) in [5.74, 6) is -1.06. The van der Waals surface area contributed by atoms with E-state index in [9.17, 15) is 14.7 Å². The van der Waals surface area contributed by atoms with Crippen LogP contribution in [-0.4, -0.2) is 34.0 Å². The first-order valence-corrected chi connectivity index (χ1v) is 7.15. The highest BCUT2D eigenvalue weighted by Gasteiger charge is 2.17. The second kappa shape index (κ2) is 6.36. The van der Waals surface area contributed by atoms with Crippen molar-refractivity contribution in [3.63, 3.8) is 0 Å². The number of thiazole rings is 1. The van der Waals surface area contributed by atoms with Crippen LogP contribution >= 0.6 is 11.3 Å². The summed E-state index contributed by atoms with van der Waals surface area (Å²) in [6.07, 6.45) is 0. The lowest BCUT2D eigenvalue weighted by Gasteiger charge is -2.18. The maximum atomic E-state index is 12.1. The first-order valence-electron chi connectivity index (χ1n) is 6.21. The number of carboxylic acid groups (broad SMARTS) is 1. The fraction of sp³-hybridized carbons (Fsp3) is 0.214. The summed E-state index contributed by atoms with van der Waals surface area (Å²) >= 11 is 1.46. The number of carboxylic acids is 1. The van der Waals surface area contributed by atoms with E-state index in [1.165, 1.54) is 16.2 Å². The van der Waals surface area contributed by atoms with Gasteiger partial charge in [-0.05, 0) is 18.6 Å². The Kier molecular flexibility index (Phi) is 4.54. The molecule has 1 aromatic carbocycles. The molecule has 2 rings (SSSR count). The fourth-order valence-electron chi connectivity index (χ4n) is 1.90. The first kappa shape index (κ1) is 15.0. The molecule has 2 amide bonds. The Hall–Kier alpha value is -2.41. The zero-order chi connectivity index (χ0) is 15.4. The fourth-order valence-corrected chi connectivity index (χ4v) is 2.45. The molecular formula is C14H15N3O3S. The minimum atomic E-state index is -1.06. The van der Waals surface area contributed by atoms with Crippen molar-refractivity contribution >= 4 is 29.0 Å². The van der Waals surface area contributed by atoms with Gasteiger partial charge in [-0.15, -0.1) is 11.3 Å². The number of amides is 2. The van der Waals surface area contributed by atoms with E-state index >= 15 is 0 Å². The molecule has 0 saturated heterocycles. The topological polar surface area (TPSA) is 82.5 Å². The summed E-state index contributed by atoms with van der Waals surface area (Å²) < 4.78 is 0. The predicted molar refractivity (Wildman–Crippen MR) is 80.7 cm³/mol. The Morgan fingerprint density at radius 2 is 2.19 bits per heavy atom. The third-order valence-electron chi connectivity index (χ3n) is 2.96. The van der Waals surface area contributed by atoms with Gasteiger partial charge < -0.3 is 15.3 Å². The quantitative estimate of drug-likeness (QED) is 0.910. The molecule has 0 aliphatic heterocycles. The van der Waals surface area contributed by atoms with Crippen molar-refractivity contribution in [3.05, 3.63) is 45.9 Å². The molecule has 0 unspecified atom stereocenters. The predicted octanol–water partition coefficient (Wildman–Crippen LogP) is 2.81. The van der Waals surface area contributed by atoms with Gasteiger partial charge in [0, 0.05) is 12.4 Å². The van der Waals surface area contributed by atoms with Crippen molar-refractivity contribution in [2.24, 2.45) is 0 Å². The number of nitrogens with one attached hydrogen (secondary N) is 1. The number of carbonyl (C=O) groups is 2. The molecule has 2 aromatic rings. The second-order valence-corrected chi connectivity index (χ2v) is 5.29. The van der Waals surface area contributed by atoms with E-state index < -0.39 is 5.97 Å². The minimum absolute atomic E-state index is 0.105. The first-order chi connectivity index (χ1) is 9.99. The number of rotatable bonds is 4. The molecule has 0 spiro atoms. The lowest BCUT2D eigenvalue weighted by atomic mass is 10.1. The van der Waals surface area contributed by atoms with Gasteiger partial charge in [0.25, 0.3) is 0 Å². The molecule has 0 atom stereocenters. The van der Waals surface area contributed by atoms with E-state index in [1.807, 2.05) is 5.38 Å². The average Bonchev–Trinajstić information content (AvgIpc) is 2.91. The minimum Gasteiger partial charge on any atom is -0.478 e. The molecule has 21 heavy (non-hydrogen) atoms. The van der Waals surface area contributed by atoms with Gasteiger partial charge in [-0.3, -0.25) is 0 Å². The molecular weight excluding hydrogens is 290 g/mol. The molecule has 110 valence electrons. The summed E-state index contributed by atoms with van der Waals surface area (Å²) in [6.45, 7) is 2.06. The molecule has 0 aliphatic rings. The number of aromatic carboxylic acids is 1. The van der Waals surface area contributed by atoms with Gasteiger partial charge in [0.2, 0.25) is 0 Å². The number of aryl methyl sites for hydroxylation is 1. The van der Waals surface area contributed by atoms with Crippen LogP contribution in [0.5, 0.6) is 0 Å². The Morgan fingerprint density at radius 3 is 2.81 bits per heavy atom. The molecule has 1 aromatic heterocycles. The zero-order valence-corrected chi connectivity index (χ0v) is 12.5. The van der Waals surface area contributed by atoms with Crippen LogP contribution in [0.15, 0.2) is 29.1 Å². The highest BCUT2D eigenvalue weighted by atomic mass is 32.1. The Balaban J connectivity index is 2.12. The standard InChI is InChI=1S/C14H15N3O3S/c1-9-4-3-5-11(12(9)13(18)19)16-14(20)17(2)6-10-7-21-8-15-10/h3-5,7-8H,6H2,1-2H3,(H,16,20)(H,18,19). The van der Waals surface area contributed by atoms with Crippen molar-refractivity contribution in [3.8, 4) is 0 Å². The molecule has 0 saturated carbocycles. The number of hydrogen-bond acceptors (Lipinski definition) is 4. The molecule has 0 fully saturated rings. The molecule has 2 N–H and O–H groups in total. The van der Waals surface area contributed by atoms with Gasteiger partial charge in [-0.25, -0.2) is 14.6 Å². The third kappa shape index (κ3) is 3.57. The number of carbonyl (C=O) groups excluding carboxylic acids is 1. The molecule has 1 heterocycles. The van der Waals surface area contributed by atoms with Crippen LogP contribution in [-0.2, 0) is 6.54 Å². The number of benzene rings is 1. The van der Waals surface area contributed by atoms with E-state index in [1.54, 1.807) is 37.7 Å². The zero-order valence-electron chi connectivity index (χ0n) is 11.7. The third-order valence-corrected chi connectivity index (χ3v) is 3.59. The maximum absolute atomic E-state index is 12.1. The molecule has 7 heteroatoms. The van der Waals surface area contributed by atoms with E-state index in [-0.39, 0.29) is 17.3 Å². The number of urea groups is 1. The number of aromatic nitrogens is 1. The summed E-state index contributed by atoms with van der Waals surface area (Å²) in [5.41, 5.74) is 3.48. The van der Waals surface area contributed by atoms with Gasteiger partial charge >= 0.3 is 12.0 Å². The number of nitrogens with zero attached hydrogens (tertiary/aromatic N) is 2. The van der Waals surface area contributed by atoms with Crippen molar-refractivity contribution < 1.29 is 14.7 Å². The highest BCUT2D eigenvalue weighted by molar-refractivity contribution is 7.07. The Morgan fingerprint density at radius 1 is 1.43 bits per heavy atom. The largest absolute Gasteiger partial charge is 0.478 e. The van der Waals surface area contributed by atoms with E-state index in [0.717, 1.165) is 5.69 Å². The molecule has 0 radical (unpaired) electrons. The average molecular weight is 305 g/mol. The Labute approximate surface area is 126 Å². The lowest BCUT2D eigenvalue weighted by Crippen LogP contribution is -2.31. The van der Waals surface area contributed by atoms with E-state index in [2.05, 4.69) is 10.3 Å². The van der Waals surface area contributed by atoms with Crippen molar-refractivity contribution in [2.75, 3.05) is 12.4 Å². The van der Waals surface area contributed by atoms with Gasteiger partial charge in [0.05, 0.1) is 29.0 Å². The van der Waals surface area contributed by atoms with Crippen molar-refractivity contribution in [2.45, 2.75) is 13.5 Å². The van der Waals surface area contributed by atoms with Crippen LogP contribution in [0.1, 0.15) is 21.6 Å². The van der Waals surface area contributed by atoms with Crippen LogP contribution in [0.2, 0.25) is 0 Å². The number of hydrogen-bond donors (Lipinski definition) is 2. The van der Waals surface area contributed by atoms with Crippen LogP contribution in [0.25, 0.3) is 0 Å². The molecule has 0 bridgehead atoms. The smallest absolute Gasteiger partial charge is 0.338 e. The second-order valence-electron chi connectivity index (χ2n) is 4.57. The summed E-state index contributed by atoms with van der Waals surface area (Å²) in [5, 5.41) is 13.7. The van der Waals surface area contributed by atoms with Crippen LogP contribution in [0.3, 0.4) is 0 Å². The molecule has 0 aliphatic carbocycles. The highest BCUT2D eigenvalue weighted by Crippen LogP contribution is 2.20. The number of anilines is 1. The summed E-state index contributed by atoms with van der Waals surface area (Å²) in [4.78, 5) is 29.0. The van der Waals surface area contributed by atoms with Gasteiger partial charge in [-0.1, -0.05) is 12.1 Å².